The van der Waals surface area contributed by atoms with Crippen LogP contribution in [0.1, 0.15) is 36.7 Å². The number of aryl methyl sites for hydroxylation is 1. The molecular weight excluding hydrogens is 731 g/mol. The summed E-state index contributed by atoms with van der Waals surface area (Å²) < 4.78 is 24.5. The van der Waals surface area contributed by atoms with E-state index in [1.807, 2.05) is 64.7 Å². The van der Waals surface area contributed by atoms with E-state index >= 15 is 0 Å². The van der Waals surface area contributed by atoms with Gasteiger partial charge in [0.1, 0.15) is 11.6 Å². The summed E-state index contributed by atoms with van der Waals surface area (Å²) in [7, 11) is 0. The fourth-order valence-electron chi connectivity index (χ4n) is 5.75. The van der Waals surface area contributed by atoms with Gasteiger partial charge in [-0.3, -0.25) is 4.68 Å². The maximum Gasteiger partial charge on any atom is 2.00 e. The maximum atomic E-state index is 14.3. The van der Waals surface area contributed by atoms with Crippen LogP contribution in [0.4, 0.5) is 4.39 Å². The zero-order valence-electron chi connectivity index (χ0n) is 24.7. The molecule has 0 unspecified atom stereocenters. The van der Waals surface area contributed by atoms with E-state index in [9.17, 15) is 4.39 Å². The van der Waals surface area contributed by atoms with Gasteiger partial charge in [0.2, 0.25) is 0 Å². The number of fused-ring (bicyclic) bond motifs is 3. The zero-order chi connectivity index (χ0) is 29.7. The molecule has 4 aromatic carbocycles. The van der Waals surface area contributed by atoms with Crippen molar-refractivity contribution in [3.8, 4) is 34.1 Å². The number of halogens is 1. The second kappa shape index (κ2) is 11.9. The number of nitrogens with zero attached hydrogens (tertiary/aromatic N) is 4. The van der Waals surface area contributed by atoms with Gasteiger partial charge in [0.05, 0.1) is 5.69 Å². The van der Waals surface area contributed by atoms with Gasteiger partial charge in [0.25, 0.3) is 0 Å². The van der Waals surface area contributed by atoms with Crippen LogP contribution in [0.5, 0.6) is 11.5 Å². The van der Waals surface area contributed by atoms with Crippen molar-refractivity contribution < 1.29 is 30.2 Å². The SMILES string of the molecule is Cc1nn(-c2[c-]c(Oc3[c-]c4c(cc3)c3cc(C(C)C)ccc3n4-c3cc(F)ccn3)ccc2)c(C)c1-c1ccccc1.[Pt+2]. The quantitative estimate of drug-likeness (QED) is 0.159. The van der Waals surface area contributed by atoms with Crippen molar-refractivity contribution in [3.63, 3.8) is 0 Å². The van der Waals surface area contributed by atoms with E-state index in [4.69, 9.17) is 9.84 Å². The van der Waals surface area contributed by atoms with Crippen LogP contribution in [0.25, 0.3) is 44.4 Å². The van der Waals surface area contributed by atoms with E-state index in [0.717, 1.165) is 50.0 Å². The Kier molecular flexibility index (Phi) is 7.96. The Balaban J connectivity index is 0.00000343. The Bertz CT molecular complexity index is 2130. The minimum Gasteiger partial charge on any atom is -0.509 e. The van der Waals surface area contributed by atoms with Crippen molar-refractivity contribution in [1.29, 1.82) is 0 Å². The van der Waals surface area contributed by atoms with Gasteiger partial charge in [-0.25, -0.2) is 9.37 Å². The van der Waals surface area contributed by atoms with Crippen molar-refractivity contribution >= 4 is 21.8 Å². The van der Waals surface area contributed by atoms with Gasteiger partial charge in [-0.05, 0) is 54.1 Å². The first-order valence-corrected chi connectivity index (χ1v) is 14.3. The zero-order valence-corrected chi connectivity index (χ0v) is 27.0. The van der Waals surface area contributed by atoms with Gasteiger partial charge in [-0.15, -0.1) is 35.7 Å². The van der Waals surface area contributed by atoms with Crippen LogP contribution in [0.15, 0.2) is 97.2 Å². The standard InChI is InChI=1S/C37H29FN4O.Pt/c1-23(2)27-13-16-34-33(19-27)32-15-14-31(22-35(32)41(34)36-20-28(38)17-18-39-36)43-30-12-8-11-29(21-30)42-25(4)37(24(3)40-42)26-9-6-5-7-10-26;/h5-20,23H,1-4H3;/q-2;+2. The third kappa shape index (κ3) is 5.24. The van der Waals surface area contributed by atoms with Crippen LogP contribution in [0, 0.1) is 31.8 Å². The molecule has 7 heteroatoms. The summed E-state index contributed by atoms with van der Waals surface area (Å²) in [4.78, 5) is 4.48. The predicted molar refractivity (Wildman–Crippen MR) is 169 cm³/mol. The molecule has 0 fully saturated rings. The molecule has 5 nitrogen and oxygen atoms in total. The van der Waals surface area contributed by atoms with Crippen LogP contribution in [-0.2, 0) is 21.1 Å². The molecule has 0 spiro atoms. The topological polar surface area (TPSA) is 44.9 Å². The van der Waals surface area contributed by atoms with E-state index < -0.39 is 0 Å². The predicted octanol–water partition coefficient (Wildman–Crippen LogP) is 9.30. The smallest absolute Gasteiger partial charge is 0.509 e. The summed E-state index contributed by atoms with van der Waals surface area (Å²) in [6.07, 6.45) is 1.48. The molecule has 220 valence electrons. The number of aromatic nitrogens is 4. The van der Waals surface area contributed by atoms with Crippen LogP contribution < -0.4 is 4.74 Å². The van der Waals surface area contributed by atoms with Gasteiger partial charge in [-0.2, -0.15) is 17.2 Å². The maximum absolute atomic E-state index is 14.3. The molecule has 0 saturated heterocycles. The summed E-state index contributed by atoms with van der Waals surface area (Å²) >= 11 is 0. The summed E-state index contributed by atoms with van der Waals surface area (Å²) in [5.41, 5.74) is 7.90. The van der Waals surface area contributed by atoms with Crippen LogP contribution in [0.3, 0.4) is 0 Å². The number of rotatable bonds is 6. The molecule has 3 aromatic heterocycles. The van der Waals surface area contributed by atoms with Crippen LogP contribution in [0.2, 0.25) is 0 Å². The number of hydrogen-bond acceptors (Lipinski definition) is 3. The van der Waals surface area contributed by atoms with E-state index in [1.54, 1.807) is 0 Å². The Hall–Kier alpha value is -4.54. The second-order valence-electron chi connectivity index (χ2n) is 11.0. The average Bonchev–Trinajstić information content (AvgIpc) is 3.49. The molecule has 0 aliphatic heterocycles. The van der Waals surface area contributed by atoms with Gasteiger partial charge >= 0.3 is 21.1 Å². The van der Waals surface area contributed by atoms with Crippen molar-refractivity contribution in [3.05, 3.63) is 132 Å². The average molecular weight is 760 g/mol. The van der Waals surface area contributed by atoms with Gasteiger partial charge in [0.15, 0.2) is 0 Å². The number of benzene rings is 4. The number of hydrogen-bond donors (Lipinski definition) is 0. The number of ether oxygens (including phenoxy) is 1. The summed E-state index contributed by atoms with van der Waals surface area (Å²) in [6, 6.07) is 36.0. The molecule has 0 aliphatic rings. The van der Waals surface area contributed by atoms with Gasteiger partial charge in [0, 0.05) is 40.5 Å². The normalized spacial score (nSPS) is 11.3. The Morgan fingerprint density at radius 2 is 1.61 bits per heavy atom. The minimum absolute atomic E-state index is 0. The van der Waals surface area contributed by atoms with Crippen LogP contribution >= 0.6 is 0 Å². The van der Waals surface area contributed by atoms with Crippen LogP contribution in [-0.4, -0.2) is 19.3 Å². The fourth-order valence-corrected chi connectivity index (χ4v) is 5.75. The van der Waals surface area contributed by atoms with Gasteiger partial charge < -0.3 is 9.30 Å². The van der Waals surface area contributed by atoms with Crippen molar-refractivity contribution in [2.24, 2.45) is 0 Å². The van der Waals surface area contributed by atoms with Crippen molar-refractivity contribution in [2.75, 3.05) is 0 Å². The fraction of sp³-hybridized carbons (Fsp3) is 0.135. The Morgan fingerprint density at radius 3 is 2.39 bits per heavy atom. The molecule has 7 aromatic rings. The van der Waals surface area contributed by atoms with E-state index in [0.29, 0.717) is 23.2 Å². The molecule has 0 atom stereocenters. The van der Waals surface area contributed by atoms with Crippen molar-refractivity contribution in [2.45, 2.75) is 33.6 Å². The molecule has 3 heterocycles. The third-order valence-electron chi connectivity index (χ3n) is 7.83. The molecule has 0 saturated carbocycles. The van der Waals surface area contributed by atoms with E-state index in [1.165, 1.54) is 23.9 Å². The second-order valence-corrected chi connectivity index (χ2v) is 11.0. The summed E-state index contributed by atoms with van der Waals surface area (Å²) in [5.74, 6) is 1.56. The summed E-state index contributed by atoms with van der Waals surface area (Å²) in [6.45, 7) is 8.43. The minimum atomic E-state index is -0.350. The molecule has 0 amide bonds. The largest absolute Gasteiger partial charge is 2.00 e. The van der Waals surface area contributed by atoms with E-state index in [-0.39, 0.29) is 26.9 Å². The Labute approximate surface area is 270 Å². The monoisotopic (exact) mass is 759 g/mol. The molecule has 44 heavy (non-hydrogen) atoms. The molecule has 0 aliphatic carbocycles. The Morgan fingerprint density at radius 1 is 0.818 bits per heavy atom. The summed E-state index contributed by atoms with van der Waals surface area (Å²) in [5, 5.41) is 6.87. The molecule has 0 bridgehead atoms. The number of pyridine rings is 1. The molecule has 0 radical (unpaired) electrons. The first-order chi connectivity index (χ1) is 20.9. The molecule has 0 N–H and O–H groups in total. The first-order valence-electron chi connectivity index (χ1n) is 14.3. The molecule has 7 rings (SSSR count). The van der Waals surface area contributed by atoms with Gasteiger partial charge in [-0.1, -0.05) is 61.8 Å². The van der Waals surface area contributed by atoms with E-state index in [2.05, 4.69) is 68.2 Å². The first kappa shape index (κ1) is 29.5. The molecular formula is C37H29FN4OPt. The third-order valence-corrected chi connectivity index (χ3v) is 7.83. The van der Waals surface area contributed by atoms with Crippen molar-refractivity contribution in [1.82, 2.24) is 19.3 Å².